The maximum atomic E-state index is 5.45. The maximum absolute atomic E-state index is 5.45. The van der Waals surface area contributed by atoms with Gasteiger partial charge < -0.3 is 10.1 Å². The lowest BCUT2D eigenvalue weighted by Crippen LogP contribution is -2.27. The summed E-state index contributed by atoms with van der Waals surface area (Å²) in [5.41, 5.74) is 0.981. The van der Waals surface area contributed by atoms with E-state index in [-0.39, 0.29) is 6.10 Å². The normalized spacial score (nSPS) is 26.4. The molecule has 0 bridgehead atoms. The molecule has 2 rings (SSSR count). The van der Waals surface area contributed by atoms with Gasteiger partial charge in [-0.05, 0) is 26.3 Å². The van der Waals surface area contributed by atoms with Gasteiger partial charge in [0.2, 0.25) is 5.95 Å². The summed E-state index contributed by atoms with van der Waals surface area (Å²) in [6.45, 7) is 4.85. The molecule has 2 heterocycles. The predicted molar refractivity (Wildman–Crippen MR) is 54.2 cm³/mol. The average Bonchev–Trinajstić information content (AvgIpc) is 2.52. The molecule has 4 nitrogen and oxygen atoms in total. The first kappa shape index (κ1) is 9.40. The second-order valence-electron chi connectivity index (χ2n) is 3.64. The van der Waals surface area contributed by atoms with Crippen molar-refractivity contribution in [2.24, 2.45) is 0 Å². The molecule has 0 radical (unpaired) electrons. The molecule has 4 heteroatoms. The van der Waals surface area contributed by atoms with Crippen LogP contribution in [0.2, 0.25) is 0 Å². The minimum absolute atomic E-state index is 0.249. The van der Waals surface area contributed by atoms with E-state index < -0.39 is 0 Å². The Morgan fingerprint density at radius 2 is 2.43 bits per heavy atom. The fraction of sp³-hybridized carbons (Fsp3) is 0.600. The van der Waals surface area contributed by atoms with Crippen LogP contribution in [-0.4, -0.2) is 28.7 Å². The minimum Gasteiger partial charge on any atom is -0.376 e. The summed E-state index contributed by atoms with van der Waals surface area (Å²) >= 11 is 0. The highest BCUT2D eigenvalue weighted by Gasteiger charge is 2.24. The largest absolute Gasteiger partial charge is 0.376 e. The minimum atomic E-state index is 0.249. The number of hydrogen-bond donors (Lipinski definition) is 1. The van der Waals surface area contributed by atoms with Crippen molar-refractivity contribution in [2.45, 2.75) is 32.4 Å². The van der Waals surface area contributed by atoms with E-state index in [4.69, 9.17) is 4.74 Å². The molecule has 0 aromatic carbocycles. The van der Waals surface area contributed by atoms with E-state index in [1.165, 1.54) is 0 Å². The summed E-state index contributed by atoms with van der Waals surface area (Å²) < 4.78 is 5.45. The Hall–Kier alpha value is -1.16. The highest BCUT2D eigenvalue weighted by molar-refractivity contribution is 5.27. The molecule has 1 aromatic rings. The van der Waals surface area contributed by atoms with Gasteiger partial charge >= 0.3 is 0 Å². The lowest BCUT2D eigenvalue weighted by atomic mass is 10.2. The van der Waals surface area contributed by atoms with Crippen LogP contribution in [0.15, 0.2) is 12.3 Å². The molecule has 1 aromatic heterocycles. The molecule has 76 valence electrons. The number of ether oxygens (including phenoxy) is 1. The summed E-state index contributed by atoms with van der Waals surface area (Å²) in [4.78, 5) is 8.45. The van der Waals surface area contributed by atoms with E-state index >= 15 is 0 Å². The number of nitrogens with zero attached hydrogens (tertiary/aromatic N) is 2. The maximum Gasteiger partial charge on any atom is 0.223 e. The van der Waals surface area contributed by atoms with Gasteiger partial charge in [0.15, 0.2) is 0 Å². The molecule has 0 saturated carbocycles. The van der Waals surface area contributed by atoms with Crippen molar-refractivity contribution in [2.75, 3.05) is 11.9 Å². The van der Waals surface area contributed by atoms with Gasteiger partial charge in [-0.1, -0.05) is 0 Å². The van der Waals surface area contributed by atoms with Gasteiger partial charge in [0, 0.05) is 18.5 Å². The standard InChI is InChI=1S/C10H15N3O/c1-7-3-5-11-10(12-7)13-9-4-6-14-8(9)2/h3,5,8-9H,4,6H2,1-2H3,(H,11,12,13). The summed E-state index contributed by atoms with van der Waals surface area (Å²) in [5.74, 6) is 0.701. The molecular formula is C10H15N3O. The monoisotopic (exact) mass is 193 g/mol. The quantitative estimate of drug-likeness (QED) is 0.770. The van der Waals surface area contributed by atoms with E-state index in [2.05, 4.69) is 22.2 Å². The van der Waals surface area contributed by atoms with Gasteiger partial charge in [-0.3, -0.25) is 0 Å². The van der Waals surface area contributed by atoms with Gasteiger partial charge in [-0.15, -0.1) is 0 Å². The molecule has 1 fully saturated rings. The van der Waals surface area contributed by atoms with Crippen LogP contribution in [0.25, 0.3) is 0 Å². The first-order chi connectivity index (χ1) is 6.75. The van der Waals surface area contributed by atoms with Crippen LogP contribution in [0.4, 0.5) is 5.95 Å². The summed E-state index contributed by atoms with van der Waals surface area (Å²) in [6.07, 6.45) is 3.04. The number of nitrogens with one attached hydrogen (secondary N) is 1. The SMILES string of the molecule is Cc1ccnc(NC2CCOC2C)n1. The smallest absolute Gasteiger partial charge is 0.223 e. The zero-order valence-electron chi connectivity index (χ0n) is 8.53. The highest BCUT2D eigenvalue weighted by atomic mass is 16.5. The van der Waals surface area contributed by atoms with E-state index in [0.717, 1.165) is 18.7 Å². The number of rotatable bonds is 2. The number of aromatic nitrogens is 2. The van der Waals surface area contributed by atoms with Crippen molar-refractivity contribution in [1.82, 2.24) is 9.97 Å². The zero-order chi connectivity index (χ0) is 9.97. The number of anilines is 1. The Balaban J connectivity index is 2.03. The first-order valence-corrected chi connectivity index (χ1v) is 4.93. The second-order valence-corrected chi connectivity index (χ2v) is 3.64. The van der Waals surface area contributed by atoms with Gasteiger partial charge in [0.05, 0.1) is 12.1 Å². The number of aryl methyl sites for hydroxylation is 1. The van der Waals surface area contributed by atoms with Crippen molar-refractivity contribution < 1.29 is 4.74 Å². The molecule has 0 amide bonds. The van der Waals surface area contributed by atoms with Gasteiger partial charge in [-0.2, -0.15) is 0 Å². The van der Waals surface area contributed by atoms with Gasteiger partial charge in [0.25, 0.3) is 0 Å². The Morgan fingerprint density at radius 3 is 3.07 bits per heavy atom. The Bertz CT molecular complexity index is 316. The average molecular weight is 193 g/mol. The second kappa shape index (κ2) is 3.92. The number of hydrogen-bond acceptors (Lipinski definition) is 4. The molecule has 1 saturated heterocycles. The van der Waals surface area contributed by atoms with Crippen LogP contribution in [0.1, 0.15) is 19.0 Å². The lowest BCUT2D eigenvalue weighted by Gasteiger charge is -2.15. The van der Waals surface area contributed by atoms with Crippen molar-refractivity contribution in [1.29, 1.82) is 0 Å². The van der Waals surface area contributed by atoms with Crippen LogP contribution in [0.5, 0.6) is 0 Å². The Kier molecular flexibility index (Phi) is 2.63. The summed E-state index contributed by atoms with van der Waals surface area (Å²) in [7, 11) is 0. The van der Waals surface area contributed by atoms with Crippen LogP contribution in [-0.2, 0) is 4.74 Å². The highest BCUT2D eigenvalue weighted by Crippen LogP contribution is 2.16. The fourth-order valence-electron chi connectivity index (χ4n) is 1.61. The van der Waals surface area contributed by atoms with E-state index in [0.29, 0.717) is 12.0 Å². The summed E-state index contributed by atoms with van der Waals surface area (Å²) in [6, 6.07) is 2.23. The Labute approximate surface area is 83.7 Å². The van der Waals surface area contributed by atoms with Crippen molar-refractivity contribution in [3.8, 4) is 0 Å². The lowest BCUT2D eigenvalue weighted by molar-refractivity contribution is 0.121. The van der Waals surface area contributed by atoms with Crippen LogP contribution < -0.4 is 5.32 Å². The molecule has 0 aliphatic carbocycles. The molecule has 2 unspecified atom stereocenters. The predicted octanol–water partition coefficient (Wildman–Crippen LogP) is 1.37. The molecule has 2 atom stereocenters. The van der Waals surface area contributed by atoms with Crippen LogP contribution in [0.3, 0.4) is 0 Å². The molecule has 1 N–H and O–H groups in total. The molecule has 14 heavy (non-hydrogen) atoms. The molecular weight excluding hydrogens is 178 g/mol. The van der Waals surface area contributed by atoms with Crippen molar-refractivity contribution in [3.63, 3.8) is 0 Å². The third-order valence-electron chi connectivity index (χ3n) is 2.49. The van der Waals surface area contributed by atoms with Crippen molar-refractivity contribution in [3.05, 3.63) is 18.0 Å². The van der Waals surface area contributed by atoms with E-state index in [1.54, 1.807) is 6.20 Å². The van der Waals surface area contributed by atoms with Gasteiger partial charge in [0.1, 0.15) is 0 Å². The molecule has 1 aliphatic heterocycles. The molecule has 0 spiro atoms. The third kappa shape index (κ3) is 2.01. The van der Waals surface area contributed by atoms with Crippen LogP contribution in [0, 0.1) is 6.92 Å². The van der Waals surface area contributed by atoms with Crippen LogP contribution >= 0.6 is 0 Å². The first-order valence-electron chi connectivity index (χ1n) is 4.93. The third-order valence-corrected chi connectivity index (χ3v) is 2.49. The zero-order valence-corrected chi connectivity index (χ0v) is 8.53. The topological polar surface area (TPSA) is 47.0 Å². The fourth-order valence-corrected chi connectivity index (χ4v) is 1.61. The van der Waals surface area contributed by atoms with Crippen molar-refractivity contribution >= 4 is 5.95 Å². The van der Waals surface area contributed by atoms with E-state index in [9.17, 15) is 0 Å². The summed E-state index contributed by atoms with van der Waals surface area (Å²) in [5, 5.41) is 3.28. The van der Waals surface area contributed by atoms with Gasteiger partial charge in [-0.25, -0.2) is 9.97 Å². The van der Waals surface area contributed by atoms with E-state index in [1.807, 2.05) is 13.0 Å². The molecule has 1 aliphatic rings. The Morgan fingerprint density at radius 1 is 1.57 bits per heavy atom.